The Morgan fingerprint density at radius 1 is 1.35 bits per heavy atom. The van der Waals surface area contributed by atoms with Crippen LogP contribution in [0.1, 0.15) is 12.0 Å². The highest BCUT2D eigenvalue weighted by molar-refractivity contribution is 7.17. The summed E-state index contributed by atoms with van der Waals surface area (Å²) in [6, 6.07) is 8.10. The average Bonchev–Trinajstić information content (AvgIpc) is 3.15. The summed E-state index contributed by atoms with van der Waals surface area (Å²) in [5.74, 6) is -1.74. The van der Waals surface area contributed by atoms with E-state index in [0.29, 0.717) is 13.0 Å². The molecule has 0 bridgehead atoms. The molecule has 1 aliphatic carbocycles. The molecule has 1 N–H and O–H groups in total. The molecule has 1 aromatic carbocycles. The van der Waals surface area contributed by atoms with E-state index in [1.54, 1.807) is 23.3 Å². The molecule has 1 saturated carbocycles. The number of carboxylic acid groups (broad SMARTS) is 1. The molecule has 20 heavy (non-hydrogen) atoms. The monoisotopic (exact) mass is 289 g/mol. The first kappa shape index (κ1) is 13.1. The average molecular weight is 289 g/mol. The molecule has 1 aromatic heterocycles. The number of thiophene rings is 1. The van der Waals surface area contributed by atoms with Crippen LogP contribution in [0.5, 0.6) is 0 Å². The fraction of sp³-hybridized carbons (Fsp3) is 0.333. The molecular weight excluding hydrogens is 274 g/mol. The zero-order valence-corrected chi connectivity index (χ0v) is 11.9. The van der Waals surface area contributed by atoms with Crippen molar-refractivity contribution < 1.29 is 14.7 Å². The summed E-state index contributed by atoms with van der Waals surface area (Å²) in [7, 11) is 1.74. The van der Waals surface area contributed by atoms with E-state index in [1.165, 1.54) is 10.1 Å². The van der Waals surface area contributed by atoms with Gasteiger partial charge in [-0.1, -0.05) is 18.2 Å². The highest BCUT2D eigenvalue weighted by Crippen LogP contribution is 2.40. The van der Waals surface area contributed by atoms with E-state index in [1.807, 2.05) is 12.1 Å². The number of hydrogen-bond donors (Lipinski definition) is 1. The Morgan fingerprint density at radius 2 is 2.10 bits per heavy atom. The van der Waals surface area contributed by atoms with Crippen LogP contribution in [0.2, 0.25) is 0 Å². The van der Waals surface area contributed by atoms with Crippen molar-refractivity contribution in [3.05, 3.63) is 35.2 Å². The summed E-state index contributed by atoms with van der Waals surface area (Å²) in [5.41, 5.74) is 1.12. The van der Waals surface area contributed by atoms with Crippen molar-refractivity contribution in [1.82, 2.24) is 4.90 Å². The SMILES string of the molecule is CN(Cc1csc2ccccc12)C(=O)C1CC1C(=O)O. The molecule has 2 aromatic rings. The molecule has 0 radical (unpaired) electrons. The van der Waals surface area contributed by atoms with E-state index in [0.717, 1.165) is 5.56 Å². The Labute approximate surface area is 120 Å². The van der Waals surface area contributed by atoms with Crippen LogP contribution in [0, 0.1) is 11.8 Å². The standard InChI is InChI=1S/C15H15NO3S/c1-16(14(17)11-6-12(11)15(18)19)7-9-8-20-13-5-3-2-4-10(9)13/h2-5,8,11-12H,6-7H2,1H3,(H,18,19). The first-order valence-electron chi connectivity index (χ1n) is 6.51. The molecule has 104 valence electrons. The van der Waals surface area contributed by atoms with Crippen molar-refractivity contribution in [2.75, 3.05) is 7.05 Å². The van der Waals surface area contributed by atoms with E-state index in [4.69, 9.17) is 5.11 Å². The van der Waals surface area contributed by atoms with Gasteiger partial charge in [0.1, 0.15) is 0 Å². The fourth-order valence-corrected chi connectivity index (χ4v) is 3.47. The topological polar surface area (TPSA) is 57.6 Å². The second kappa shape index (κ2) is 4.90. The van der Waals surface area contributed by atoms with Gasteiger partial charge in [0.15, 0.2) is 0 Å². The van der Waals surface area contributed by atoms with Crippen LogP contribution in [0.25, 0.3) is 10.1 Å². The lowest BCUT2D eigenvalue weighted by molar-refractivity contribution is -0.141. The van der Waals surface area contributed by atoms with Gasteiger partial charge in [0.25, 0.3) is 0 Å². The van der Waals surface area contributed by atoms with Crippen LogP contribution < -0.4 is 0 Å². The van der Waals surface area contributed by atoms with Gasteiger partial charge in [-0.25, -0.2) is 0 Å². The summed E-state index contributed by atoms with van der Waals surface area (Å²) in [5, 5.41) is 12.1. The maximum Gasteiger partial charge on any atom is 0.307 e. The smallest absolute Gasteiger partial charge is 0.307 e. The predicted molar refractivity (Wildman–Crippen MR) is 77.5 cm³/mol. The Kier molecular flexibility index (Phi) is 3.22. The number of carbonyl (C=O) groups excluding carboxylic acids is 1. The number of rotatable bonds is 4. The van der Waals surface area contributed by atoms with E-state index >= 15 is 0 Å². The van der Waals surface area contributed by atoms with Crippen molar-refractivity contribution in [3.8, 4) is 0 Å². The van der Waals surface area contributed by atoms with Crippen LogP contribution in [0.15, 0.2) is 29.6 Å². The summed E-state index contributed by atoms with van der Waals surface area (Å²) in [4.78, 5) is 24.6. The number of carboxylic acids is 1. The second-order valence-electron chi connectivity index (χ2n) is 5.24. The number of hydrogen-bond acceptors (Lipinski definition) is 3. The van der Waals surface area contributed by atoms with Crippen molar-refractivity contribution in [2.24, 2.45) is 11.8 Å². The molecule has 1 amide bonds. The van der Waals surface area contributed by atoms with Gasteiger partial charge < -0.3 is 10.0 Å². The van der Waals surface area contributed by atoms with E-state index in [9.17, 15) is 9.59 Å². The van der Waals surface area contributed by atoms with Crippen LogP contribution >= 0.6 is 11.3 Å². The molecule has 0 spiro atoms. The first-order valence-corrected chi connectivity index (χ1v) is 7.39. The maximum absolute atomic E-state index is 12.1. The minimum atomic E-state index is -0.863. The quantitative estimate of drug-likeness (QED) is 0.941. The van der Waals surface area contributed by atoms with Gasteiger partial charge in [-0.05, 0) is 28.8 Å². The Hall–Kier alpha value is -1.88. The molecule has 2 atom stereocenters. The molecule has 2 unspecified atom stereocenters. The normalized spacial score (nSPS) is 20.9. The molecular formula is C15H15NO3S. The summed E-state index contributed by atoms with van der Waals surface area (Å²) >= 11 is 1.67. The third-order valence-corrected chi connectivity index (χ3v) is 4.78. The third-order valence-electron chi connectivity index (χ3n) is 3.77. The Balaban J connectivity index is 1.72. The van der Waals surface area contributed by atoms with Gasteiger partial charge in [0.05, 0.1) is 11.8 Å². The number of fused-ring (bicyclic) bond motifs is 1. The lowest BCUT2D eigenvalue weighted by Crippen LogP contribution is -2.28. The molecule has 4 nitrogen and oxygen atoms in total. The first-order chi connectivity index (χ1) is 9.58. The Bertz CT molecular complexity index is 679. The molecule has 5 heteroatoms. The van der Waals surface area contributed by atoms with Crippen LogP contribution in [-0.2, 0) is 16.1 Å². The van der Waals surface area contributed by atoms with Gasteiger partial charge in [-0.3, -0.25) is 9.59 Å². The van der Waals surface area contributed by atoms with Gasteiger partial charge in [-0.15, -0.1) is 11.3 Å². The van der Waals surface area contributed by atoms with Crippen LogP contribution in [-0.4, -0.2) is 28.9 Å². The Morgan fingerprint density at radius 3 is 2.80 bits per heavy atom. The molecule has 1 heterocycles. The minimum Gasteiger partial charge on any atom is -0.481 e. The highest BCUT2D eigenvalue weighted by atomic mass is 32.1. The van der Waals surface area contributed by atoms with Gasteiger partial charge in [0.2, 0.25) is 5.91 Å². The third kappa shape index (κ3) is 2.29. The van der Waals surface area contributed by atoms with E-state index < -0.39 is 11.9 Å². The van der Waals surface area contributed by atoms with Crippen molar-refractivity contribution >= 4 is 33.3 Å². The molecule has 1 fully saturated rings. The van der Waals surface area contributed by atoms with Crippen LogP contribution in [0.4, 0.5) is 0 Å². The molecule has 0 aliphatic heterocycles. The number of benzene rings is 1. The summed E-state index contributed by atoms with van der Waals surface area (Å²) in [6.07, 6.45) is 0.475. The van der Waals surface area contributed by atoms with Gasteiger partial charge in [-0.2, -0.15) is 0 Å². The zero-order valence-electron chi connectivity index (χ0n) is 11.1. The summed E-state index contributed by atoms with van der Waals surface area (Å²) in [6.45, 7) is 0.533. The number of carbonyl (C=O) groups is 2. The fourth-order valence-electron chi connectivity index (χ4n) is 2.51. The number of aliphatic carboxylic acids is 1. The van der Waals surface area contributed by atoms with E-state index in [2.05, 4.69) is 17.5 Å². The van der Waals surface area contributed by atoms with Crippen molar-refractivity contribution in [1.29, 1.82) is 0 Å². The number of amides is 1. The van der Waals surface area contributed by atoms with Crippen LogP contribution in [0.3, 0.4) is 0 Å². The lowest BCUT2D eigenvalue weighted by atomic mass is 10.1. The largest absolute Gasteiger partial charge is 0.481 e. The zero-order chi connectivity index (χ0) is 14.3. The molecule has 1 aliphatic rings. The van der Waals surface area contributed by atoms with Crippen molar-refractivity contribution in [3.63, 3.8) is 0 Å². The van der Waals surface area contributed by atoms with Gasteiger partial charge in [0, 0.05) is 18.3 Å². The predicted octanol–water partition coefficient (Wildman–Crippen LogP) is 2.58. The molecule has 0 saturated heterocycles. The highest BCUT2D eigenvalue weighted by Gasteiger charge is 2.49. The second-order valence-corrected chi connectivity index (χ2v) is 6.15. The minimum absolute atomic E-state index is 0.0623. The van der Waals surface area contributed by atoms with Gasteiger partial charge >= 0.3 is 5.97 Å². The van der Waals surface area contributed by atoms with E-state index in [-0.39, 0.29) is 11.8 Å². The number of nitrogens with zero attached hydrogens (tertiary/aromatic N) is 1. The molecule has 3 rings (SSSR count). The lowest BCUT2D eigenvalue weighted by Gasteiger charge is -2.16. The van der Waals surface area contributed by atoms with Crippen molar-refractivity contribution in [2.45, 2.75) is 13.0 Å². The maximum atomic E-state index is 12.1. The summed E-state index contributed by atoms with van der Waals surface area (Å²) < 4.78 is 1.21.